The average molecular weight is 213 g/mol. The van der Waals surface area contributed by atoms with E-state index in [1.165, 1.54) is 4.90 Å². The molecular weight excluding hydrogens is 200 g/mol. The molecule has 0 radical (unpaired) electrons. The average Bonchev–Trinajstić information content (AvgIpc) is 2.16. The van der Waals surface area contributed by atoms with Gasteiger partial charge in [0.2, 0.25) is 0 Å². The van der Waals surface area contributed by atoms with Crippen LogP contribution >= 0.6 is 11.8 Å². The van der Waals surface area contributed by atoms with E-state index < -0.39 is 0 Å². The summed E-state index contributed by atoms with van der Waals surface area (Å²) in [6.07, 6.45) is 0. The van der Waals surface area contributed by atoms with Crippen molar-refractivity contribution in [3.63, 3.8) is 0 Å². The van der Waals surface area contributed by atoms with Crippen LogP contribution in [0.5, 0.6) is 0 Å². The number of halogens is 1. The summed E-state index contributed by atoms with van der Waals surface area (Å²) in [5.41, 5.74) is 1.81. The Kier molecular flexibility index (Phi) is 3.36. The molecule has 0 atom stereocenters. The van der Waals surface area contributed by atoms with Crippen LogP contribution in [0.15, 0.2) is 24.3 Å². The first-order valence-electron chi connectivity index (χ1n) is 4.26. The smallest absolute Gasteiger partial charge is 0.329 e. The normalized spacial score (nSPS) is 9.71. The highest BCUT2D eigenvalue weighted by Crippen LogP contribution is 2.18. The second-order valence-corrected chi connectivity index (χ2v) is 3.63. The van der Waals surface area contributed by atoms with Gasteiger partial charge in [0, 0.05) is 25.9 Å². The lowest BCUT2D eigenvalue weighted by Gasteiger charge is -2.18. The number of aryl methyl sites for hydroxylation is 1. The molecule has 0 bridgehead atoms. The van der Waals surface area contributed by atoms with Crippen molar-refractivity contribution >= 4 is 23.5 Å². The topological polar surface area (TPSA) is 23.6 Å². The zero-order valence-corrected chi connectivity index (χ0v) is 9.25. The van der Waals surface area contributed by atoms with E-state index in [-0.39, 0.29) is 6.03 Å². The Labute approximate surface area is 89.0 Å². The highest BCUT2D eigenvalue weighted by molar-refractivity contribution is 6.36. The molecular formula is C10H13ClN2O. The van der Waals surface area contributed by atoms with Gasteiger partial charge < -0.3 is 4.90 Å². The third-order valence-corrected chi connectivity index (χ3v) is 2.15. The van der Waals surface area contributed by atoms with Gasteiger partial charge in [-0.25, -0.2) is 9.21 Å². The minimum Gasteiger partial charge on any atom is -0.329 e. The standard InChI is InChI=1S/C10H13ClN2O/c1-8-4-6-9(7-5-8)13(11)10(14)12(2)3/h4-7H,1-3H3. The van der Waals surface area contributed by atoms with Crippen molar-refractivity contribution in [3.05, 3.63) is 29.8 Å². The molecule has 0 aromatic heterocycles. The van der Waals surface area contributed by atoms with Crippen molar-refractivity contribution < 1.29 is 4.79 Å². The molecule has 1 aromatic rings. The van der Waals surface area contributed by atoms with Gasteiger partial charge in [-0.2, -0.15) is 0 Å². The van der Waals surface area contributed by atoms with Gasteiger partial charge in [0.05, 0.1) is 5.69 Å². The van der Waals surface area contributed by atoms with Gasteiger partial charge in [0.1, 0.15) is 0 Å². The van der Waals surface area contributed by atoms with E-state index in [1.54, 1.807) is 14.1 Å². The minimum absolute atomic E-state index is 0.254. The zero-order valence-electron chi connectivity index (χ0n) is 8.49. The molecule has 0 aliphatic rings. The summed E-state index contributed by atoms with van der Waals surface area (Å²) in [6.45, 7) is 1.98. The van der Waals surface area contributed by atoms with Gasteiger partial charge in [-0.15, -0.1) is 0 Å². The van der Waals surface area contributed by atoms with Gasteiger partial charge in [0.25, 0.3) is 0 Å². The number of urea groups is 1. The van der Waals surface area contributed by atoms with E-state index >= 15 is 0 Å². The lowest BCUT2D eigenvalue weighted by atomic mass is 10.2. The monoisotopic (exact) mass is 212 g/mol. The first kappa shape index (κ1) is 10.9. The summed E-state index contributed by atoms with van der Waals surface area (Å²) in [4.78, 5) is 12.9. The first-order valence-corrected chi connectivity index (χ1v) is 4.60. The van der Waals surface area contributed by atoms with Crippen LogP contribution in [0.4, 0.5) is 10.5 Å². The second kappa shape index (κ2) is 4.33. The fourth-order valence-corrected chi connectivity index (χ4v) is 1.23. The zero-order chi connectivity index (χ0) is 10.7. The summed E-state index contributed by atoms with van der Waals surface area (Å²) >= 11 is 5.85. The van der Waals surface area contributed by atoms with E-state index in [0.717, 1.165) is 9.98 Å². The SMILES string of the molecule is Cc1ccc(N(Cl)C(=O)N(C)C)cc1. The summed E-state index contributed by atoms with van der Waals surface area (Å²) < 4.78 is 1.10. The van der Waals surface area contributed by atoms with E-state index in [4.69, 9.17) is 11.8 Å². The molecule has 1 aromatic carbocycles. The summed E-state index contributed by atoms with van der Waals surface area (Å²) in [5.74, 6) is 0. The number of anilines is 1. The van der Waals surface area contributed by atoms with Crippen LogP contribution in [0.2, 0.25) is 0 Å². The molecule has 0 spiro atoms. The van der Waals surface area contributed by atoms with Crippen molar-refractivity contribution in [2.45, 2.75) is 6.92 Å². The first-order chi connectivity index (χ1) is 6.52. The van der Waals surface area contributed by atoms with E-state index in [2.05, 4.69) is 0 Å². The molecule has 0 saturated heterocycles. The Balaban J connectivity index is 2.84. The molecule has 1 rings (SSSR count). The Morgan fingerprint density at radius 3 is 2.14 bits per heavy atom. The van der Waals surface area contributed by atoms with E-state index in [9.17, 15) is 4.79 Å². The highest BCUT2D eigenvalue weighted by atomic mass is 35.5. The van der Waals surface area contributed by atoms with Crippen LogP contribution in [0.3, 0.4) is 0 Å². The van der Waals surface area contributed by atoms with Crippen LogP contribution in [0, 0.1) is 6.92 Å². The fourth-order valence-electron chi connectivity index (χ4n) is 0.962. The molecule has 3 nitrogen and oxygen atoms in total. The molecule has 0 heterocycles. The van der Waals surface area contributed by atoms with E-state index in [0.29, 0.717) is 5.69 Å². The molecule has 0 unspecified atom stereocenters. The molecule has 0 N–H and O–H groups in total. The second-order valence-electron chi connectivity index (χ2n) is 3.29. The number of hydrogen-bond acceptors (Lipinski definition) is 1. The third-order valence-electron chi connectivity index (χ3n) is 1.81. The van der Waals surface area contributed by atoms with Gasteiger partial charge in [-0.3, -0.25) is 0 Å². The molecule has 0 aliphatic carbocycles. The van der Waals surface area contributed by atoms with Gasteiger partial charge in [-0.05, 0) is 19.1 Å². The molecule has 2 amide bonds. The molecule has 0 fully saturated rings. The lowest BCUT2D eigenvalue weighted by Crippen LogP contribution is -2.32. The maximum absolute atomic E-state index is 11.4. The minimum atomic E-state index is -0.254. The Hall–Kier alpha value is -1.22. The van der Waals surface area contributed by atoms with E-state index in [1.807, 2.05) is 31.2 Å². The number of carbonyl (C=O) groups excluding carboxylic acids is 1. The largest absolute Gasteiger partial charge is 0.338 e. The lowest BCUT2D eigenvalue weighted by molar-refractivity contribution is 0.227. The molecule has 14 heavy (non-hydrogen) atoms. The van der Waals surface area contributed by atoms with Crippen molar-refractivity contribution in [2.24, 2.45) is 0 Å². The molecule has 0 saturated carbocycles. The number of hydrogen-bond donors (Lipinski definition) is 0. The van der Waals surface area contributed by atoms with Gasteiger partial charge in [0.15, 0.2) is 0 Å². The van der Waals surface area contributed by atoms with Gasteiger partial charge in [-0.1, -0.05) is 17.7 Å². The number of benzene rings is 1. The number of rotatable bonds is 1. The van der Waals surface area contributed by atoms with Crippen molar-refractivity contribution in [1.29, 1.82) is 0 Å². The fraction of sp³-hybridized carbons (Fsp3) is 0.300. The van der Waals surface area contributed by atoms with Crippen molar-refractivity contribution in [3.8, 4) is 0 Å². The molecule has 0 aliphatic heterocycles. The number of amides is 2. The van der Waals surface area contributed by atoms with Crippen LogP contribution in [-0.2, 0) is 0 Å². The van der Waals surface area contributed by atoms with Crippen molar-refractivity contribution in [2.75, 3.05) is 18.5 Å². The maximum atomic E-state index is 11.4. The van der Waals surface area contributed by atoms with Crippen LogP contribution in [0.25, 0.3) is 0 Å². The molecule has 76 valence electrons. The Morgan fingerprint density at radius 2 is 1.71 bits per heavy atom. The molecule has 4 heteroatoms. The Bertz CT molecular complexity index is 321. The quantitative estimate of drug-likeness (QED) is 0.657. The number of carbonyl (C=O) groups is 1. The van der Waals surface area contributed by atoms with Crippen LogP contribution in [-0.4, -0.2) is 25.0 Å². The maximum Gasteiger partial charge on any atom is 0.338 e. The predicted octanol–water partition coefficient (Wildman–Crippen LogP) is 2.64. The Morgan fingerprint density at radius 1 is 1.21 bits per heavy atom. The summed E-state index contributed by atoms with van der Waals surface area (Å²) in [5, 5.41) is 0. The highest BCUT2D eigenvalue weighted by Gasteiger charge is 2.14. The van der Waals surface area contributed by atoms with Crippen LogP contribution < -0.4 is 4.42 Å². The summed E-state index contributed by atoms with van der Waals surface area (Å²) in [6, 6.07) is 7.19. The van der Waals surface area contributed by atoms with Crippen molar-refractivity contribution in [1.82, 2.24) is 4.90 Å². The van der Waals surface area contributed by atoms with Crippen LogP contribution in [0.1, 0.15) is 5.56 Å². The third kappa shape index (κ3) is 2.39. The predicted molar refractivity (Wildman–Crippen MR) is 58.6 cm³/mol. The summed E-state index contributed by atoms with van der Waals surface area (Å²) in [7, 11) is 3.32. The number of nitrogens with zero attached hydrogens (tertiary/aromatic N) is 2. The van der Waals surface area contributed by atoms with Gasteiger partial charge >= 0.3 is 6.03 Å².